The molecule has 2 N–H and O–H groups in total. The lowest BCUT2D eigenvalue weighted by molar-refractivity contribution is -0.133. The number of methoxy groups -OCH3 is 1. The molecule has 1 amide bonds. The molecule has 0 spiro atoms. The van der Waals surface area contributed by atoms with Crippen molar-refractivity contribution in [3.05, 3.63) is 23.8 Å². The Morgan fingerprint density at radius 2 is 2.21 bits per heavy atom. The van der Waals surface area contributed by atoms with E-state index in [0.29, 0.717) is 6.04 Å². The molecule has 1 aromatic carbocycles. The van der Waals surface area contributed by atoms with E-state index >= 15 is 0 Å². The molecule has 1 aliphatic rings. The van der Waals surface area contributed by atoms with Crippen molar-refractivity contribution in [1.29, 1.82) is 0 Å². The van der Waals surface area contributed by atoms with Crippen molar-refractivity contribution in [1.82, 2.24) is 0 Å². The molecule has 0 aliphatic carbocycles. The first-order chi connectivity index (χ1) is 8.94. The first-order valence-corrected chi connectivity index (χ1v) is 6.69. The number of fused-ring (bicyclic) bond motifs is 1. The minimum Gasteiger partial charge on any atom is -0.381 e. The number of rotatable bonds is 3. The summed E-state index contributed by atoms with van der Waals surface area (Å²) in [6, 6.07) is 6.44. The third-order valence-corrected chi connectivity index (χ3v) is 3.69. The number of hydrogen-bond acceptors (Lipinski definition) is 3. The molecule has 0 radical (unpaired) electrons. The number of carbonyl (C=O) groups excluding carboxylic acids is 1. The molecule has 19 heavy (non-hydrogen) atoms. The molecule has 1 aliphatic heterocycles. The van der Waals surface area contributed by atoms with E-state index < -0.39 is 5.60 Å². The zero-order chi connectivity index (χ0) is 14.0. The van der Waals surface area contributed by atoms with Crippen LogP contribution in [0.15, 0.2) is 18.2 Å². The van der Waals surface area contributed by atoms with E-state index in [0.717, 1.165) is 24.2 Å². The number of carbonyl (C=O) groups is 1. The predicted octanol–water partition coefficient (Wildman–Crippen LogP) is 2.80. The number of anilines is 2. The van der Waals surface area contributed by atoms with Crippen LogP contribution >= 0.6 is 0 Å². The molecule has 2 rings (SSSR count). The zero-order valence-electron chi connectivity index (χ0n) is 12.0. The van der Waals surface area contributed by atoms with Crippen molar-refractivity contribution in [3.63, 3.8) is 0 Å². The molecule has 0 fully saturated rings. The van der Waals surface area contributed by atoms with Crippen molar-refractivity contribution >= 4 is 17.3 Å². The van der Waals surface area contributed by atoms with Gasteiger partial charge in [-0.1, -0.05) is 12.1 Å². The van der Waals surface area contributed by atoms with E-state index in [9.17, 15) is 4.79 Å². The summed E-state index contributed by atoms with van der Waals surface area (Å²) < 4.78 is 5.20. The average Bonchev–Trinajstić information content (AvgIpc) is 2.39. The lowest BCUT2D eigenvalue weighted by atomic mass is 9.97. The quantitative estimate of drug-likeness (QED) is 0.880. The number of para-hydroxylation sites is 1. The minimum atomic E-state index is -0.830. The second-order valence-electron chi connectivity index (χ2n) is 5.59. The summed E-state index contributed by atoms with van der Waals surface area (Å²) >= 11 is 0. The molecule has 0 saturated heterocycles. The molecule has 1 atom stereocenters. The van der Waals surface area contributed by atoms with Crippen LogP contribution in [0, 0.1) is 0 Å². The SMILES string of the molecule is COC(C)(C)C(=O)Nc1cccc2c1NC(C)CC2. The Kier molecular flexibility index (Phi) is 3.80. The Bertz CT molecular complexity index is 483. The van der Waals surface area contributed by atoms with Gasteiger partial charge in [0.2, 0.25) is 0 Å². The summed E-state index contributed by atoms with van der Waals surface area (Å²) in [5, 5.41) is 6.40. The summed E-state index contributed by atoms with van der Waals surface area (Å²) in [6.07, 6.45) is 2.16. The summed E-state index contributed by atoms with van der Waals surface area (Å²) in [5.74, 6) is -0.136. The molecule has 1 aromatic rings. The Balaban J connectivity index is 2.24. The van der Waals surface area contributed by atoms with E-state index in [2.05, 4.69) is 23.6 Å². The maximum Gasteiger partial charge on any atom is 0.256 e. The van der Waals surface area contributed by atoms with Crippen molar-refractivity contribution in [2.24, 2.45) is 0 Å². The van der Waals surface area contributed by atoms with Crippen LogP contribution in [0.2, 0.25) is 0 Å². The molecule has 1 unspecified atom stereocenters. The van der Waals surface area contributed by atoms with Crippen LogP contribution in [0.5, 0.6) is 0 Å². The van der Waals surface area contributed by atoms with Gasteiger partial charge in [0, 0.05) is 13.2 Å². The summed E-state index contributed by atoms with van der Waals surface area (Å²) in [6.45, 7) is 5.67. The first-order valence-electron chi connectivity index (χ1n) is 6.69. The largest absolute Gasteiger partial charge is 0.381 e. The second kappa shape index (κ2) is 5.21. The van der Waals surface area contributed by atoms with Crippen molar-refractivity contribution < 1.29 is 9.53 Å². The molecule has 1 heterocycles. The van der Waals surface area contributed by atoms with Crippen LogP contribution in [0.25, 0.3) is 0 Å². The van der Waals surface area contributed by atoms with Gasteiger partial charge in [0.25, 0.3) is 5.91 Å². The number of amides is 1. The van der Waals surface area contributed by atoms with Gasteiger partial charge >= 0.3 is 0 Å². The fraction of sp³-hybridized carbons (Fsp3) is 0.533. The topological polar surface area (TPSA) is 50.4 Å². The maximum absolute atomic E-state index is 12.2. The van der Waals surface area contributed by atoms with Crippen LogP contribution < -0.4 is 10.6 Å². The van der Waals surface area contributed by atoms with Gasteiger partial charge in [0.1, 0.15) is 5.60 Å². The van der Waals surface area contributed by atoms with E-state index in [4.69, 9.17) is 4.74 Å². The van der Waals surface area contributed by atoms with Gasteiger partial charge in [-0.25, -0.2) is 0 Å². The normalized spacial score (nSPS) is 18.4. The van der Waals surface area contributed by atoms with Crippen molar-refractivity contribution in [2.75, 3.05) is 17.7 Å². The third kappa shape index (κ3) is 2.89. The second-order valence-corrected chi connectivity index (χ2v) is 5.59. The van der Waals surface area contributed by atoms with Crippen molar-refractivity contribution in [3.8, 4) is 0 Å². The highest BCUT2D eigenvalue weighted by Crippen LogP contribution is 2.32. The van der Waals surface area contributed by atoms with Gasteiger partial charge in [-0.2, -0.15) is 0 Å². The summed E-state index contributed by atoms with van der Waals surface area (Å²) in [5.41, 5.74) is 2.30. The highest BCUT2D eigenvalue weighted by molar-refractivity contribution is 5.99. The first kappa shape index (κ1) is 13.9. The predicted molar refractivity (Wildman–Crippen MR) is 77.6 cm³/mol. The Morgan fingerprint density at radius 3 is 2.89 bits per heavy atom. The van der Waals surface area contributed by atoms with Gasteiger partial charge in [0.15, 0.2) is 0 Å². The average molecular weight is 262 g/mol. The van der Waals surface area contributed by atoms with Gasteiger partial charge in [-0.05, 0) is 45.2 Å². The summed E-state index contributed by atoms with van der Waals surface area (Å²) in [7, 11) is 1.54. The monoisotopic (exact) mass is 262 g/mol. The van der Waals surface area contributed by atoms with Gasteiger partial charge < -0.3 is 15.4 Å². The number of ether oxygens (including phenoxy) is 1. The van der Waals surface area contributed by atoms with Crippen LogP contribution in [0.4, 0.5) is 11.4 Å². The number of hydrogen-bond donors (Lipinski definition) is 2. The Labute approximate surface area is 114 Å². The standard InChI is InChI=1S/C15H22N2O2/c1-10-8-9-11-6-5-7-12(13(11)16-10)17-14(18)15(2,3)19-4/h5-7,10,16H,8-9H2,1-4H3,(H,17,18). The lowest BCUT2D eigenvalue weighted by Crippen LogP contribution is -2.39. The smallest absolute Gasteiger partial charge is 0.256 e. The fourth-order valence-corrected chi connectivity index (χ4v) is 2.14. The van der Waals surface area contributed by atoms with E-state index in [1.807, 2.05) is 12.1 Å². The third-order valence-electron chi connectivity index (χ3n) is 3.69. The minimum absolute atomic E-state index is 0.136. The lowest BCUT2D eigenvalue weighted by Gasteiger charge is -2.28. The van der Waals surface area contributed by atoms with Gasteiger partial charge in [-0.15, -0.1) is 0 Å². The highest BCUT2D eigenvalue weighted by Gasteiger charge is 2.28. The van der Waals surface area contributed by atoms with Crippen LogP contribution in [0.1, 0.15) is 32.8 Å². The number of aryl methyl sites for hydroxylation is 1. The zero-order valence-corrected chi connectivity index (χ0v) is 12.0. The van der Waals surface area contributed by atoms with Gasteiger partial charge in [-0.3, -0.25) is 4.79 Å². The Morgan fingerprint density at radius 1 is 1.47 bits per heavy atom. The number of nitrogens with one attached hydrogen (secondary N) is 2. The van der Waals surface area contributed by atoms with E-state index in [1.54, 1.807) is 21.0 Å². The molecular formula is C15H22N2O2. The highest BCUT2D eigenvalue weighted by atomic mass is 16.5. The van der Waals surface area contributed by atoms with Crippen LogP contribution in [0.3, 0.4) is 0 Å². The molecule has 4 nitrogen and oxygen atoms in total. The molecule has 4 heteroatoms. The van der Waals surface area contributed by atoms with E-state index in [-0.39, 0.29) is 5.91 Å². The van der Waals surface area contributed by atoms with Crippen LogP contribution in [-0.4, -0.2) is 24.7 Å². The van der Waals surface area contributed by atoms with E-state index in [1.165, 1.54) is 5.56 Å². The molecule has 0 saturated carbocycles. The maximum atomic E-state index is 12.2. The molecular weight excluding hydrogens is 240 g/mol. The number of benzene rings is 1. The van der Waals surface area contributed by atoms with Crippen LogP contribution in [-0.2, 0) is 16.0 Å². The molecule has 0 bridgehead atoms. The Hall–Kier alpha value is -1.55. The summed E-state index contributed by atoms with van der Waals surface area (Å²) in [4.78, 5) is 12.2. The van der Waals surface area contributed by atoms with Crippen molar-refractivity contribution in [2.45, 2.75) is 45.3 Å². The molecule has 104 valence electrons. The molecule has 0 aromatic heterocycles. The van der Waals surface area contributed by atoms with Gasteiger partial charge in [0.05, 0.1) is 11.4 Å². The fourth-order valence-electron chi connectivity index (χ4n) is 2.14.